The molecule has 4 aromatic rings. The van der Waals surface area contributed by atoms with Gasteiger partial charge in [-0.25, -0.2) is 9.48 Å². The number of aromatic nitrogens is 3. The maximum Gasteiger partial charge on any atom is 0.337 e. The summed E-state index contributed by atoms with van der Waals surface area (Å²) in [6.45, 7) is 0.0706. The molecule has 0 saturated heterocycles. The lowest BCUT2D eigenvalue weighted by molar-refractivity contribution is -0.117. The largest absolute Gasteiger partial charge is 0.493 e. The van der Waals surface area contributed by atoms with Gasteiger partial charge in [0.25, 0.3) is 0 Å². The third kappa shape index (κ3) is 7.43. The Bertz CT molecular complexity index is 1560. The SMILES string of the molecule is COc1cc(C#CC(=O)Nc2ccccc2C(=O)O)ccc1OCc1cn(CC(=O)Nc2ccccc2)nn1. The standard InChI is InChI=1S/C28H23N5O6/c1-38-25-15-19(12-14-26(34)30-23-10-6-5-9-22(23)28(36)37)11-13-24(25)39-18-21-16-33(32-31-21)17-27(35)29-20-7-3-2-4-8-20/h2-11,13,15-16H,17-18H2,1H3,(H,29,35)(H,30,34)(H,36,37). The molecule has 0 radical (unpaired) electrons. The van der Waals surface area contributed by atoms with Crippen LogP contribution in [0.15, 0.2) is 79.0 Å². The fourth-order valence-electron chi connectivity index (χ4n) is 3.43. The molecule has 0 aliphatic carbocycles. The number of carboxylic acids is 1. The van der Waals surface area contributed by atoms with E-state index in [0.717, 1.165) is 0 Å². The number of carbonyl (C=O) groups is 3. The van der Waals surface area contributed by atoms with E-state index in [-0.39, 0.29) is 30.3 Å². The molecule has 3 N–H and O–H groups in total. The third-order valence-corrected chi connectivity index (χ3v) is 5.21. The Morgan fingerprint density at radius 3 is 2.51 bits per heavy atom. The van der Waals surface area contributed by atoms with Crippen molar-refractivity contribution in [1.82, 2.24) is 15.0 Å². The molecule has 3 aromatic carbocycles. The number of anilines is 2. The summed E-state index contributed by atoms with van der Waals surface area (Å²) in [7, 11) is 1.47. The second kappa shape index (κ2) is 12.6. The third-order valence-electron chi connectivity index (χ3n) is 5.21. The van der Waals surface area contributed by atoms with E-state index in [0.29, 0.717) is 28.4 Å². The van der Waals surface area contributed by atoms with Crippen molar-refractivity contribution in [3.8, 4) is 23.3 Å². The molecule has 11 nitrogen and oxygen atoms in total. The van der Waals surface area contributed by atoms with E-state index in [9.17, 15) is 19.5 Å². The molecule has 0 saturated carbocycles. The molecule has 2 amide bonds. The second-order valence-electron chi connectivity index (χ2n) is 8.03. The van der Waals surface area contributed by atoms with Crippen molar-refractivity contribution >= 4 is 29.2 Å². The zero-order valence-corrected chi connectivity index (χ0v) is 20.7. The highest BCUT2D eigenvalue weighted by molar-refractivity contribution is 6.07. The highest BCUT2D eigenvalue weighted by Gasteiger charge is 2.12. The van der Waals surface area contributed by atoms with Crippen LogP contribution in [-0.2, 0) is 22.7 Å². The monoisotopic (exact) mass is 525 g/mol. The lowest BCUT2D eigenvalue weighted by Gasteiger charge is -2.09. The number of hydrogen-bond acceptors (Lipinski definition) is 7. The van der Waals surface area contributed by atoms with Gasteiger partial charge in [-0.15, -0.1) is 5.10 Å². The predicted molar refractivity (Wildman–Crippen MR) is 141 cm³/mol. The van der Waals surface area contributed by atoms with E-state index in [1.54, 1.807) is 48.7 Å². The molecule has 0 atom stereocenters. The minimum Gasteiger partial charge on any atom is -0.493 e. The van der Waals surface area contributed by atoms with Gasteiger partial charge in [-0.2, -0.15) is 0 Å². The normalized spacial score (nSPS) is 10.1. The van der Waals surface area contributed by atoms with Gasteiger partial charge in [0.2, 0.25) is 5.91 Å². The van der Waals surface area contributed by atoms with Crippen molar-refractivity contribution in [3.05, 3.63) is 95.8 Å². The van der Waals surface area contributed by atoms with Crippen LogP contribution < -0.4 is 20.1 Å². The number of nitrogens with zero attached hydrogens (tertiary/aromatic N) is 3. The Morgan fingerprint density at radius 1 is 0.974 bits per heavy atom. The van der Waals surface area contributed by atoms with Crippen molar-refractivity contribution in [2.75, 3.05) is 17.7 Å². The fourth-order valence-corrected chi connectivity index (χ4v) is 3.43. The van der Waals surface area contributed by atoms with E-state index in [1.165, 1.54) is 23.9 Å². The van der Waals surface area contributed by atoms with Crippen LogP contribution in [0.25, 0.3) is 0 Å². The maximum absolute atomic E-state index is 12.2. The average molecular weight is 526 g/mol. The summed E-state index contributed by atoms with van der Waals surface area (Å²) in [5.74, 6) is 3.89. The van der Waals surface area contributed by atoms with Gasteiger partial charge in [-0.05, 0) is 42.5 Å². The summed E-state index contributed by atoms with van der Waals surface area (Å²) < 4.78 is 12.6. The summed E-state index contributed by atoms with van der Waals surface area (Å²) in [5, 5.41) is 22.5. The van der Waals surface area contributed by atoms with Crippen molar-refractivity contribution in [1.29, 1.82) is 0 Å². The van der Waals surface area contributed by atoms with E-state index in [4.69, 9.17) is 9.47 Å². The lowest BCUT2D eigenvalue weighted by atomic mass is 10.1. The van der Waals surface area contributed by atoms with Crippen molar-refractivity contribution < 1.29 is 29.0 Å². The van der Waals surface area contributed by atoms with Crippen LogP contribution in [0.1, 0.15) is 21.6 Å². The van der Waals surface area contributed by atoms with Gasteiger partial charge in [0, 0.05) is 17.2 Å². The van der Waals surface area contributed by atoms with Crippen LogP contribution in [0.2, 0.25) is 0 Å². The minimum absolute atomic E-state index is 0.00590. The lowest BCUT2D eigenvalue weighted by Crippen LogP contribution is -2.19. The van der Waals surface area contributed by atoms with Gasteiger partial charge in [-0.1, -0.05) is 41.5 Å². The quantitative estimate of drug-likeness (QED) is 0.283. The number of nitrogens with one attached hydrogen (secondary N) is 2. The highest BCUT2D eigenvalue weighted by Crippen LogP contribution is 2.28. The summed E-state index contributed by atoms with van der Waals surface area (Å²) in [6, 6.07) is 20.0. The van der Waals surface area contributed by atoms with E-state index < -0.39 is 11.9 Å². The topological polar surface area (TPSA) is 145 Å². The van der Waals surface area contributed by atoms with Gasteiger partial charge in [0.05, 0.1) is 24.6 Å². The van der Waals surface area contributed by atoms with Crippen LogP contribution >= 0.6 is 0 Å². The number of ether oxygens (including phenoxy) is 2. The van der Waals surface area contributed by atoms with Crippen LogP contribution in [0.5, 0.6) is 11.5 Å². The molecule has 0 fully saturated rings. The zero-order valence-electron chi connectivity index (χ0n) is 20.7. The van der Waals surface area contributed by atoms with Crippen molar-refractivity contribution in [2.45, 2.75) is 13.2 Å². The molecule has 0 aliphatic heterocycles. The number of rotatable bonds is 9. The summed E-state index contributed by atoms with van der Waals surface area (Å²) in [5.41, 5.74) is 1.80. The number of carboxylic acid groups (broad SMARTS) is 1. The Balaban J connectivity index is 1.34. The molecule has 0 bridgehead atoms. The first-order valence-corrected chi connectivity index (χ1v) is 11.6. The van der Waals surface area contributed by atoms with Gasteiger partial charge < -0.3 is 25.2 Å². The molecule has 11 heteroatoms. The molecular formula is C28H23N5O6. The molecule has 196 valence electrons. The number of methoxy groups -OCH3 is 1. The summed E-state index contributed by atoms with van der Waals surface area (Å²) in [6.07, 6.45) is 1.61. The van der Waals surface area contributed by atoms with Crippen LogP contribution in [0.3, 0.4) is 0 Å². The summed E-state index contributed by atoms with van der Waals surface area (Å²) >= 11 is 0. The number of hydrogen-bond donors (Lipinski definition) is 3. The molecule has 0 aliphatic rings. The number of carbonyl (C=O) groups excluding carboxylic acids is 2. The Morgan fingerprint density at radius 2 is 1.74 bits per heavy atom. The molecule has 1 heterocycles. The van der Waals surface area contributed by atoms with E-state index >= 15 is 0 Å². The smallest absolute Gasteiger partial charge is 0.337 e. The fraction of sp³-hybridized carbons (Fsp3) is 0.107. The number of para-hydroxylation sites is 2. The number of benzene rings is 3. The van der Waals surface area contributed by atoms with Gasteiger partial charge in [-0.3, -0.25) is 9.59 Å². The molecule has 39 heavy (non-hydrogen) atoms. The predicted octanol–water partition coefficient (Wildman–Crippen LogP) is 3.19. The van der Waals surface area contributed by atoms with Gasteiger partial charge in [0.15, 0.2) is 11.5 Å². The Labute approximate surface area is 223 Å². The number of aromatic carboxylic acids is 1. The Hall–Kier alpha value is -5.63. The van der Waals surface area contributed by atoms with Crippen molar-refractivity contribution in [2.24, 2.45) is 0 Å². The molecule has 0 unspecified atom stereocenters. The highest BCUT2D eigenvalue weighted by atomic mass is 16.5. The molecular weight excluding hydrogens is 502 g/mol. The summed E-state index contributed by atoms with van der Waals surface area (Å²) in [4.78, 5) is 35.7. The van der Waals surface area contributed by atoms with Crippen LogP contribution in [-0.4, -0.2) is 45.0 Å². The molecule has 4 rings (SSSR count). The van der Waals surface area contributed by atoms with E-state index in [2.05, 4.69) is 32.8 Å². The first-order valence-electron chi connectivity index (χ1n) is 11.6. The minimum atomic E-state index is -1.16. The van der Waals surface area contributed by atoms with E-state index in [1.807, 2.05) is 18.2 Å². The van der Waals surface area contributed by atoms with Crippen LogP contribution in [0.4, 0.5) is 11.4 Å². The van der Waals surface area contributed by atoms with Crippen LogP contribution in [0, 0.1) is 11.8 Å². The molecule has 1 aromatic heterocycles. The zero-order chi connectivity index (χ0) is 27.6. The maximum atomic E-state index is 12.2. The first kappa shape index (κ1) is 26.4. The first-order chi connectivity index (χ1) is 18.9. The Kier molecular flexibility index (Phi) is 8.51. The number of amides is 2. The van der Waals surface area contributed by atoms with Crippen molar-refractivity contribution in [3.63, 3.8) is 0 Å². The average Bonchev–Trinajstić information content (AvgIpc) is 3.38. The van der Waals surface area contributed by atoms with Gasteiger partial charge in [0.1, 0.15) is 18.8 Å². The van der Waals surface area contributed by atoms with Gasteiger partial charge >= 0.3 is 11.9 Å². The second-order valence-corrected chi connectivity index (χ2v) is 8.03. The molecule has 0 spiro atoms.